The van der Waals surface area contributed by atoms with E-state index in [0.29, 0.717) is 5.92 Å². The minimum atomic E-state index is -0.377. The van der Waals surface area contributed by atoms with Crippen molar-refractivity contribution in [2.75, 3.05) is 0 Å². The second-order valence-electron chi connectivity index (χ2n) is 4.28. The van der Waals surface area contributed by atoms with Crippen molar-refractivity contribution < 1.29 is 4.39 Å². The van der Waals surface area contributed by atoms with Gasteiger partial charge in [-0.3, -0.25) is 0 Å². The quantitative estimate of drug-likeness (QED) is 0.838. The van der Waals surface area contributed by atoms with Crippen LogP contribution in [0.5, 0.6) is 0 Å². The second kappa shape index (κ2) is 4.50. The van der Waals surface area contributed by atoms with E-state index in [-0.39, 0.29) is 16.9 Å². The maximum atomic E-state index is 13.2. The lowest BCUT2D eigenvalue weighted by Crippen LogP contribution is -2.20. The highest BCUT2D eigenvalue weighted by Crippen LogP contribution is 2.35. The zero-order valence-electron chi connectivity index (χ0n) is 8.55. The number of benzene rings is 1. The highest BCUT2D eigenvalue weighted by Gasteiger charge is 2.22. The van der Waals surface area contributed by atoms with E-state index in [1.54, 1.807) is 6.07 Å². The molecular formula is C12H15ClFN. The molecule has 1 saturated carbocycles. The summed E-state index contributed by atoms with van der Waals surface area (Å²) in [6.45, 7) is 0. The van der Waals surface area contributed by atoms with Gasteiger partial charge in [-0.25, -0.2) is 4.39 Å². The molecule has 1 aromatic rings. The van der Waals surface area contributed by atoms with Crippen LogP contribution in [0.1, 0.15) is 37.3 Å². The predicted octanol–water partition coefficient (Wildman–Crippen LogP) is 3.67. The Morgan fingerprint density at radius 1 is 1.47 bits per heavy atom. The van der Waals surface area contributed by atoms with E-state index in [1.165, 1.54) is 25.3 Å². The molecule has 1 unspecified atom stereocenters. The number of nitrogens with two attached hydrogens (primary N) is 1. The highest BCUT2D eigenvalue weighted by atomic mass is 35.5. The number of hydrogen-bond donors (Lipinski definition) is 1. The lowest BCUT2D eigenvalue weighted by molar-refractivity contribution is 0.277. The zero-order chi connectivity index (χ0) is 10.8. The van der Waals surface area contributed by atoms with E-state index < -0.39 is 0 Å². The average molecular weight is 228 g/mol. The molecule has 15 heavy (non-hydrogen) atoms. The average Bonchev–Trinajstić information content (AvgIpc) is 2.15. The third-order valence-corrected chi connectivity index (χ3v) is 3.59. The first-order valence-corrected chi connectivity index (χ1v) is 5.75. The fourth-order valence-corrected chi connectivity index (χ4v) is 2.29. The molecule has 1 aliphatic carbocycles. The number of halogens is 2. The molecule has 0 aliphatic heterocycles. The van der Waals surface area contributed by atoms with Crippen molar-refractivity contribution in [2.45, 2.75) is 31.7 Å². The van der Waals surface area contributed by atoms with Gasteiger partial charge >= 0.3 is 0 Å². The summed E-state index contributed by atoms with van der Waals surface area (Å²) in [4.78, 5) is 0. The summed E-state index contributed by atoms with van der Waals surface area (Å²) in [6, 6.07) is 4.71. The Balaban J connectivity index is 2.09. The SMILES string of the molecule is NC(CC1CCC1)c1cccc(F)c1Cl. The van der Waals surface area contributed by atoms with Crippen LogP contribution in [-0.2, 0) is 0 Å². The van der Waals surface area contributed by atoms with Crippen LogP contribution in [0.3, 0.4) is 0 Å². The van der Waals surface area contributed by atoms with Gasteiger partial charge in [-0.05, 0) is 24.0 Å². The molecule has 2 rings (SSSR count). The Labute approximate surface area is 94.4 Å². The van der Waals surface area contributed by atoms with E-state index in [0.717, 1.165) is 12.0 Å². The molecule has 0 heterocycles. The topological polar surface area (TPSA) is 26.0 Å². The van der Waals surface area contributed by atoms with E-state index in [4.69, 9.17) is 17.3 Å². The summed E-state index contributed by atoms with van der Waals surface area (Å²) in [7, 11) is 0. The smallest absolute Gasteiger partial charge is 0.142 e. The van der Waals surface area contributed by atoms with Gasteiger partial charge < -0.3 is 5.73 Å². The summed E-state index contributed by atoms with van der Waals surface area (Å²) in [5.41, 5.74) is 6.76. The van der Waals surface area contributed by atoms with Crippen molar-refractivity contribution in [3.8, 4) is 0 Å². The normalized spacial score (nSPS) is 18.6. The Kier molecular flexibility index (Phi) is 3.27. The van der Waals surface area contributed by atoms with Crippen molar-refractivity contribution in [1.29, 1.82) is 0 Å². The van der Waals surface area contributed by atoms with Gasteiger partial charge in [0.1, 0.15) is 5.82 Å². The molecule has 0 bridgehead atoms. The summed E-state index contributed by atoms with van der Waals surface area (Å²) in [5.74, 6) is 0.331. The molecule has 82 valence electrons. The molecule has 1 nitrogen and oxygen atoms in total. The maximum absolute atomic E-state index is 13.2. The zero-order valence-corrected chi connectivity index (χ0v) is 9.30. The van der Waals surface area contributed by atoms with E-state index in [9.17, 15) is 4.39 Å². The van der Waals surface area contributed by atoms with Crippen molar-refractivity contribution in [3.63, 3.8) is 0 Å². The van der Waals surface area contributed by atoms with Crippen LogP contribution in [0.15, 0.2) is 18.2 Å². The molecule has 3 heteroatoms. The highest BCUT2D eigenvalue weighted by molar-refractivity contribution is 6.31. The third kappa shape index (κ3) is 2.32. The molecule has 0 radical (unpaired) electrons. The Bertz CT molecular complexity index is 349. The van der Waals surface area contributed by atoms with E-state index >= 15 is 0 Å². The molecule has 0 aromatic heterocycles. The van der Waals surface area contributed by atoms with Crippen molar-refractivity contribution in [1.82, 2.24) is 0 Å². The maximum Gasteiger partial charge on any atom is 0.142 e. The van der Waals surface area contributed by atoms with Gasteiger partial charge in [0, 0.05) is 6.04 Å². The minimum Gasteiger partial charge on any atom is -0.324 e. The number of hydrogen-bond acceptors (Lipinski definition) is 1. The van der Waals surface area contributed by atoms with Gasteiger partial charge in [-0.15, -0.1) is 0 Å². The molecule has 1 fully saturated rings. The van der Waals surface area contributed by atoms with Crippen molar-refractivity contribution >= 4 is 11.6 Å². The molecule has 0 amide bonds. The third-order valence-electron chi connectivity index (χ3n) is 3.19. The predicted molar refractivity (Wildman–Crippen MR) is 60.3 cm³/mol. The van der Waals surface area contributed by atoms with Gasteiger partial charge in [-0.2, -0.15) is 0 Å². The van der Waals surface area contributed by atoms with Crippen molar-refractivity contribution in [3.05, 3.63) is 34.6 Å². The summed E-state index contributed by atoms with van der Waals surface area (Å²) in [6.07, 6.45) is 4.72. The van der Waals surface area contributed by atoms with Gasteiger partial charge in [0.2, 0.25) is 0 Å². The Hall–Kier alpha value is -0.600. The van der Waals surface area contributed by atoms with Crippen LogP contribution < -0.4 is 5.73 Å². The number of rotatable bonds is 3. The van der Waals surface area contributed by atoms with Crippen LogP contribution >= 0.6 is 11.6 Å². The van der Waals surface area contributed by atoms with Gasteiger partial charge in [0.25, 0.3) is 0 Å². The van der Waals surface area contributed by atoms with Gasteiger partial charge in [-0.1, -0.05) is 43.0 Å². The first-order chi connectivity index (χ1) is 7.18. The molecule has 1 atom stereocenters. The lowest BCUT2D eigenvalue weighted by atomic mass is 9.80. The molecule has 1 aromatic carbocycles. The molecule has 0 spiro atoms. The lowest BCUT2D eigenvalue weighted by Gasteiger charge is -2.28. The Morgan fingerprint density at radius 3 is 2.80 bits per heavy atom. The molecule has 1 aliphatic rings. The van der Waals surface area contributed by atoms with Crippen LogP contribution in [0.25, 0.3) is 0 Å². The fourth-order valence-electron chi connectivity index (χ4n) is 2.02. The monoisotopic (exact) mass is 227 g/mol. The van der Waals surface area contributed by atoms with Gasteiger partial charge in [0.15, 0.2) is 0 Å². The fraction of sp³-hybridized carbons (Fsp3) is 0.500. The second-order valence-corrected chi connectivity index (χ2v) is 4.66. The van der Waals surface area contributed by atoms with Crippen molar-refractivity contribution in [2.24, 2.45) is 11.7 Å². The Morgan fingerprint density at radius 2 is 2.20 bits per heavy atom. The summed E-state index contributed by atoms with van der Waals surface area (Å²) >= 11 is 5.88. The molecule has 0 saturated heterocycles. The van der Waals surface area contributed by atoms with Crippen LogP contribution in [0, 0.1) is 11.7 Å². The van der Waals surface area contributed by atoms with Crippen LogP contribution in [-0.4, -0.2) is 0 Å². The minimum absolute atomic E-state index is 0.126. The molecular weight excluding hydrogens is 213 g/mol. The van der Waals surface area contributed by atoms with Crippen LogP contribution in [0.2, 0.25) is 5.02 Å². The standard InChI is InChI=1S/C12H15ClFN/c13-12-9(5-2-6-10(12)14)11(15)7-8-3-1-4-8/h2,5-6,8,11H,1,3-4,7,15H2. The van der Waals surface area contributed by atoms with E-state index in [2.05, 4.69) is 0 Å². The molecule has 2 N–H and O–H groups in total. The summed E-state index contributed by atoms with van der Waals surface area (Å²) < 4.78 is 13.2. The van der Waals surface area contributed by atoms with E-state index in [1.807, 2.05) is 6.07 Å². The first kappa shape index (κ1) is 10.9. The van der Waals surface area contributed by atoms with Crippen LogP contribution in [0.4, 0.5) is 4.39 Å². The summed E-state index contributed by atoms with van der Waals surface area (Å²) in [5, 5.41) is 0.185. The first-order valence-electron chi connectivity index (χ1n) is 5.38. The largest absolute Gasteiger partial charge is 0.324 e. The van der Waals surface area contributed by atoms with Gasteiger partial charge in [0.05, 0.1) is 5.02 Å².